The number of carboxylic acid groups (broad SMARTS) is 1. The van der Waals surface area contributed by atoms with Gasteiger partial charge in [0, 0.05) is 15.8 Å². The van der Waals surface area contributed by atoms with Gasteiger partial charge >= 0.3 is 5.97 Å². The van der Waals surface area contributed by atoms with Gasteiger partial charge in [0.1, 0.15) is 18.3 Å². The van der Waals surface area contributed by atoms with Crippen molar-refractivity contribution in [3.05, 3.63) is 63.8 Å². The fourth-order valence-corrected chi connectivity index (χ4v) is 2.60. The molecule has 0 saturated heterocycles. The lowest BCUT2D eigenvalue weighted by molar-refractivity contribution is -0.0145. The lowest BCUT2D eigenvalue weighted by Crippen LogP contribution is -2.45. The molecule has 11 heteroatoms. The van der Waals surface area contributed by atoms with Crippen LogP contribution in [0.5, 0.6) is 0 Å². The maximum Gasteiger partial charge on any atom is 0.354 e. The minimum Gasteiger partial charge on any atom is -0.699 e. The minimum atomic E-state index is -3.04. The number of benzene rings is 1. The third kappa shape index (κ3) is 4.96. The van der Waals surface area contributed by atoms with Crippen LogP contribution in [0.25, 0.3) is 5.73 Å². The number of aromatic nitrogens is 1. The first-order valence-electron chi connectivity index (χ1n) is 10.2. The van der Waals surface area contributed by atoms with E-state index in [1.807, 2.05) is 0 Å². The number of hydrogen-bond acceptors (Lipinski definition) is 5. The Morgan fingerprint density at radius 2 is 2.28 bits per heavy atom. The maximum absolute atomic E-state index is 14.0. The van der Waals surface area contributed by atoms with E-state index in [9.17, 15) is 18.0 Å². The second-order valence-electron chi connectivity index (χ2n) is 5.70. The Kier molecular flexibility index (Phi) is 5.02. The standard InChI is InChI=1S/C11H10ClF3N3O.C7H7NO2/c12-7-2-5(16)1-6(9(7)13)11(10(14)15)4-19-3-8(17)18-11;1-5-3-2-4-8-6(5)7(9)10/h1-2,10,16H,3-4H2,(H2,17,18);2-4H,1H3,(H,9,10)/q-1;/t11-;/m0./s1/i;1D3,3D,4D. The summed E-state index contributed by atoms with van der Waals surface area (Å²) in [4.78, 5) is 17.6. The van der Waals surface area contributed by atoms with Crippen molar-refractivity contribution in [2.45, 2.75) is 18.8 Å². The molecule has 0 saturated carbocycles. The smallest absolute Gasteiger partial charge is 0.354 e. The van der Waals surface area contributed by atoms with Crippen LogP contribution in [0.1, 0.15) is 28.5 Å². The Morgan fingerprint density at radius 1 is 1.55 bits per heavy atom. The van der Waals surface area contributed by atoms with Crippen molar-refractivity contribution in [2.24, 2.45) is 10.7 Å². The molecule has 2 aromatic rings. The number of carbonyl (C=O) groups is 1. The monoisotopic (exact) mass is 434 g/mol. The number of halogens is 4. The van der Waals surface area contributed by atoms with Gasteiger partial charge in [-0.05, 0) is 18.5 Å². The van der Waals surface area contributed by atoms with Crippen molar-refractivity contribution in [2.75, 3.05) is 13.2 Å². The Labute approximate surface area is 176 Å². The zero-order valence-corrected chi connectivity index (χ0v) is 15.2. The summed E-state index contributed by atoms with van der Waals surface area (Å²) < 4.78 is 81.3. The van der Waals surface area contributed by atoms with E-state index >= 15 is 0 Å². The zero-order valence-electron chi connectivity index (χ0n) is 19.5. The van der Waals surface area contributed by atoms with Crippen LogP contribution in [0.2, 0.25) is 5.02 Å². The van der Waals surface area contributed by atoms with Gasteiger partial charge in [-0.15, -0.1) is 5.69 Å². The van der Waals surface area contributed by atoms with Crippen LogP contribution >= 0.6 is 11.6 Å². The van der Waals surface area contributed by atoms with Crippen LogP contribution in [-0.2, 0) is 10.3 Å². The Hall–Kier alpha value is -2.85. The van der Waals surface area contributed by atoms with Crippen molar-refractivity contribution < 1.29 is 34.7 Å². The van der Waals surface area contributed by atoms with E-state index in [0.717, 1.165) is 18.2 Å². The number of rotatable bonds is 3. The normalized spacial score (nSPS) is 21.6. The predicted octanol–water partition coefficient (Wildman–Crippen LogP) is 4.10. The van der Waals surface area contributed by atoms with Gasteiger partial charge in [-0.3, -0.25) is 4.99 Å². The highest BCUT2D eigenvalue weighted by molar-refractivity contribution is 6.31. The molecule has 1 aliphatic heterocycles. The number of ether oxygens (including phenoxy) is 1. The molecule has 1 atom stereocenters. The van der Waals surface area contributed by atoms with Crippen molar-refractivity contribution in [1.29, 1.82) is 0 Å². The molecule has 2 heterocycles. The van der Waals surface area contributed by atoms with Crippen LogP contribution in [0, 0.1) is 12.7 Å². The molecule has 1 aromatic carbocycles. The number of aromatic carboxylic acids is 1. The van der Waals surface area contributed by atoms with Crippen molar-refractivity contribution in [1.82, 2.24) is 4.98 Å². The summed E-state index contributed by atoms with van der Waals surface area (Å²) in [6.45, 7) is -3.34. The van der Waals surface area contributed by atoms with Gasteiger partial charge in [0.05, 0.1) is 14.4 Å². The van der Waals surface area contributed by atoms with Gasteiger partial charge in [0.15, 0.2) is 11.2 Å². The number of hydrogen-bond donors (Lipinski definition) is 2. The molecule has 0 aliphatic carbocycles. The lowest BCUT2D eigenvalue weighted by Gasteiger charge is -2.34. The first-order chi connectivity index (χ1) is 15.6. The number of amidine groups is 1. The molecule has 0 unspecified atom stereocenters. The first kappa shape index (κ1) is 16.0. The van der Waals surface area contributed by atoms with E-state index in [0.29, 0.717) is 0 Å². The first-order valence-corrected chi connectivity index (χ1v) is 8.11. The summed E-state index contributed by atoms with van der Waals surface area (Å²) in [6, 6.07) is 2.37. The Morgan fingerprint density at radius 3 is 2.86 bits per heavy atom. The average molecular weight is 435 g/mol. The molecular formula is C18H17ClF3N4O3-. The van der Waals surface area contributed by atoms with E-state index in [1.54, 1.807) is 0 Å². The summed E-state index contributed by atoms with van der Waals surface area (Å²) in [7, 11) is 0. The van der Waals surface area contributed by atoms with E-state index in [4.69, 9.17) is 39.8 Å². The topological polar surface area (TPSA) is 122 Å². The van der Waals surface area contributed by atoms with Crippen LogP contribution in [0.15, 0.2) is 35.4 Å². The average Bonchev–Trinajstić information content (AvgIpc) is 2.69. The van der Waals surface area contributed by atoms with Gasteiger partial charge in [-0.2, -0.15) is 0 Å². The lowest BCUT2D eigenvalue weighted by atomic mass is 9.90. The number of nitrogens with zero attached hydrogens (tertiary/aromatic N) is 2. The zero-order chi connectivity index (χ0) is 26.0. The van der Waals surface area contributed by atoms with Crippen LogP contribution in [-0.4, -0.2) is 41.5 Å². The van der Waals surface area contributed by atoms with E-state index in [2.05, 4.69) is 9.98 Å². The molecule has 0 radical (unpaired) electrons. The number of alkyl halides is 2. The second-order valence-corrected chi connectivity index (χ2v) is 6.11. The van der Waals surface area contributed by atoms with E-state index in [1.165, 1.54) is 0 Å². The number of carboxylic acids is 1. The molecule has 0 bridgehead atoms. The molecule has 0 spiro atoms. The van der Waals surface area contributed by atoms with Gasteiger partial charge in [0.25, 0.3) is 6.43 Å². The maximum atomic E-state index is 14.0. The van der Waals surface area contributed by atoms with Crippen LogP contribution in [0.4, 0.5) is 18.9 Å². The molecular weight excluding hydrogens is 413 g/mol. The van der Waals surface area contributed by atoms with Gasteiger partial charge in [-0.1, -0.05) is 29.8 Å². The molecule has 4 N–H and O–H groups in total. The number of nitrogens with two attached hydrogens (primary N) is 1. The quantitative estimate of drug-likeness (QED) is 0.753. The molecule has 1 aromatic heterocycles. The van der Waals surface area contributed by atoms with E-state index < -0.39 is 71.3 Å². The molecule has 3 rings (SSSR count). The minimum absolute atomic E-state index is 0.0929. The highest BCUT2D eigenvalue weighted by atomic mass is 35.5. The van der Waals surface area contributed by atoms with Crippen LogP contribution in [0.3, 0.4) is 0 Å². The second kappa shape index (κ2) is 9.10. The number of pyridine rings is 1. The van der Waals surface area contributed by atoms with Gasteiger partial charge in [-0.25, -0.2) is 22.9 Å². The SMILES string of the molecule is [2H]c1cc([2H])c(C([2H])([2H])[2H])c(C(=O)O)n1.[NH-]c1cc(Cl)c(F)c([C@]2(C(F)F)COCC(N)=N2)c1. The largest absolute Gasteiger partial charge is 0.699 e. The third-order valence-electron chi connectivity index (χ3n) is 3.67. The van der Waals surface area contributed by atoms with Crippen molar-refractivity contribution in [3.8, 4) is 0 Å². The third-order valence-corrected chi connectivity index (χ3v) is 3.94. The number of nitrogens with one attached hydrogen (secondary N) is 1. The van der Waals surface area contributed by atoms with Gasteiger partial charge < -0.3 is 21.3 Å². The summed E-state index contributed by atoms with van der Waals surface area (Å²) in [6.07, 6.45) is -3.48. The number of aliphatic imine (C=N–C) groups is 1. The fourth-order valence-electron chi connectivity index (χ4n) is 2.38. The Balaban J connectivity index is 0.000000248. The van der Waals surface area contributed by atoms with Gasteiger partial charge in [0.2, 0.25) is 0 Å². The van der Waals surface area contributed by atoms with Crippen molar-refractivity contribution in [3.63, 3.8) is 0 Å². The summed E-state index contributed by atoms with van der Waals surface area (Å²) in [5, 5.41) is 8.28. The summed E-state index contributed by atoms with van der Waals surface area (Å²) in [5.41, 5.74) is 8.53. The Bertz CT molecular complexity index is 1140. The van der Waals surface area contributed by atoms with E-state index in [-0.39, 0.29) is 18.1 Å². The highest BCUT2D eigenvalue weighted by Gasteiger charge is 2.46. The fraction of sp³-hybridized carbons (Fsp3) is 0.278. The molecule has 29 heavy (non-hydrogen) atoms. The summed E-state index contributed by atoms with van der Waals surface area (Å²) >= 11 is 5.58. The molecule has 0 fully saturated rings. The molecule has 1 aliphatic rings. The van der Waals surface area contributed by atoms with Crippen LogP contribution < -0.4 is 5.73 Å². The van der Waals surface area contributed by atoms with Crippen molar-refractivity contribution >= 4 is 29.1 Å². The molecule has 0 amide bonds. The molecule has 7 nitrogen and oxygen atoms in total. The molecule has 156 valence electrons. The summed E-state index contributed by atoms with van der Waals surface area (Å²) in [5.74, 6) is -2.75. The predicted molar refractivity (Wildman–Crippen MR) is 101 cm³/mol. The highest BCUT2D eigenvalue weighted by Crippen LogP contribution is 2.40.